The quantitative estimate of drug-likeness (QED) is 0.198. The third kappa shape index (κ3) is 5.60. The normalized spacial score (nSPS) is 22.6. The number of aromatic nitrogens is 2. The van der Waals surface area contributed by atoms with E-state index in [1.54, 1.807) is 27.7 Å². The van der Waals surface area contributed by atoms with Crippen LogP contribution in [-0.2, 0) is 28.8 Å². The number of carbonyl (C=O) groups excluding carboxylic acids is 3. The van der Waals surface area contributed by atoms with Gasteiger partial charge in [0, 0.05) is 16.8 Å². The molecule has 178 valence electrons. The molecule has 0 radical (unpaired) electrons. The molecular weight excluding hydrogens is 476 g/mol. The summed E-state index contributed by atoms with van der Waals surface area (Å²) in [6, 6.07) is -1.000. The van der Waals surface area contributed by atoms with E-state index in [9.17, 15) is 24.3 Å². The van der Waals surface area contributed by atoms with Crippen LogP contribution in [0.4, 0.5) is 5.13 Å². The van der Waals surface area contributed by atoms with Gasteiger partial charge in [-0.2, -0.15) is 9.36 Å². The predicted octanol–water partition coefficient (Wildman–Crippen LogP) is -0.0604. The largest absolute Gasteiger partial charge is 0.477 e. The number of nitrogen functional groups attached to an aromatic ring is 1. The van der Waals surface area contributed by atoms with Gasteiger partial charge in [-0.1, -0.05) is 5.16 Å². The smallest absolute Gasteiger partial charge is 0.352 e. The van der Waals surface area contributed by atoms with Gasteiger partial charge in [0.2, 0.25) is 18.1 Å². The van der Waals surface area contributed by atoms with Gasteiger partial charge in [0.1, 0.15) is 22.7 Å². The first-order valence-electron chi connectivity index (χ1n) is 9.63. The second-order valence-corrected chi connectivity index (χ2v) is 10.3. The second kappa shape index (κ2) is 9.35. The van der Waals surface area contributed by atoms with Crippen molar-refractivity contribution in [1.82, 2.24) is 19.6 Å². The number of anilines is 1. The molecule has 2 aliphatic rings. The van der Waals surface area contributed by atoms with Gasteiger partial charge in [-0.25, -0.2) is 9.59 Å². The van der Waals surface area contributed by atoms with Crippen LogP contribution in [0.3, 0.4) is 0 Å². The Morgan fingerprint density at radius 2 is 2.06 bits per heavy atom. The molecule has 3 heterocycles. The molecule has 3 rings (SSSR count). The molecule has 1 saturated heterocycles. The summed E-state index contributed by atoms with van der Waals surface area (Å²) in [5, 5.41) is 14.8. The summed E-state index contributed by atoms with van der Waals surface area (Å²) in [6.07, 6.45) is 1.47. The van der Waals surface area contributed by atoms with Crippen molar-refractivity contribution in [3.05, 3.63) is 17.6 Å². The number of carboxylic acids is 1. The number of nitrogens with one attached hydrogen (secondary N) is 1. The number of thioether (sulfide) groups is 1. The van der Waals surface area contributed by atoms with Crippen LogP contribution in [0, 0.1) is 0 Å². The van der Waals surface area contributed by atoms with Gasteiger partial charge in [0.05, 0.1) is 0 Å². The lowest BCUT2D eigenvalue weighted by molar-refractivity contribution is -0.160. The van der Waals surface area contributed by atoms with E-state index in [1.165, 1.54) is 17.8 Å². The number of ether oxygens (including phenoxy) is 1. The lowest BCUT2D eigenvalue weighted by Crippen LogP contribution is -2.71. The number of carbonyl (C=O) groups is 4. The van der Waals surface area contributed by atoms with Crippen LogP contribution in [0.1, 0.15) is 33.5 Å². The third-order valence-electron chi connectivity index (χ3n) is 4.18. The first kappa shape index (κ1) is 24.4. The summed E-state index contributed by atoms with van der Waals surface area (Å²) >= 11 is 2.13. The molecule has 2 amide bonds. The molecule has 13 nitrogen and oxygen atoms in total. The molecule has 15 heteroatoms. The second-order valence-electron chi connectivity index (χ2n) is 8.00. The van der Waals surface area contributed by atoms with Crippen LogP contribution in [0.25, 0.3) is 0 Å². The number of carboxylic acid groups (broad SMARTS) is 1. The molecule has 2 unspecified atom stereocenters. The van der Waals surface area contributed by atoms with Gasteiger partial charge in [-0.05, 0) is 33.8 Å². The maximum absolute atomic E-state index is 12.9. The van der Waals surface area contributed by atoms with E-state index in [4.69, 9.17) is 15.3 Å². The molecule has 0 spiro atoms. The van der Waals surface area contributed by atoms with Gasteiger partial charge >= 0.3 is 11.9 Å². The van der Waals surface area contributed by atoms with Gasteiger partial charge in [-0.3, -0.25) is 14.5 Å². The highest BCUT2D eigenvalue weighted by Gasteiger charge is 2.54. The number of nitrogens with zero attached hydrogens (tertiary/aromatic N) is 4. The van der Waals surface area contributed by atoms with Crippen molar-refractivity contribution in [3.63, 3.8) is 0 Å². The Hall–Kier alpha value is -3.20. The highest BCUT2D eigenvalue weighted by molar-refractivity contribution is 8.00. The van der Waals surface area contributed by atoms with E-state index in [0.717, 1.165) is 16.4 Å². The summed E-state index contributed by atoms with van der Waals surface area (Å²) < 4.78 is 9.03. The number of hydrogen-bond donors (Lipinski definition) is 3. The number of nitrogens with two attached hydrogens (primary N) is 1. The molecule has 0 saturated carbocycles. The van der Waals surface area contributed by atoms with E-state index in [1.807, 2.05) is 0 Å². The van der Waals surface area contributed by atoms with Gasteiger partial charge in [0.15, 0.2) is 5.13 Å². The minimum Gasteiger partial charge on any atom is -0.477 e. The number of β-lactam (4-membered cyclic amide) rings is 1. The molecule has 0 aromatic carbocycles. The zero-order chi connectivity index (χ0) is 24.5. The molecule has 4 N–H and O–H groups in total. The fourth-order valence-corrected chi connectivity index (χ4v) is 4.74. The number of oxime groups is 1. The van der Waals surface area contributed by atoms with E-state index < -0.39 is 53.1 Å². The Balaban J connectivity index is 1.74. The van der Waals surface area contributed by atoms with Crippen LogP contribution in [0.5, 0.6) is 0 Å². The average Bonchev–Trinajstić information content (AvgIpc) is 3.12. The number of amides is 2. The summed E-state index contributed by atoms with van der Waals surface area (Å²) in [6.45, 7) is 6.26. The minimum absolute atomic E-state index is 0.0661. The predicted molar refractivity (Wildman–Crippen MR) is 118 cm³/mol. The number of rotatable bonds is 7. The molecule has 33 heavy (non-hydrogen) atoms. The molecule has 0 aliphatic carbocycles. The Kier molecular flexibility index (Phi) is 6.92. The maximum Gasteiger partial charge on any atom is 0.352 e. The Morgan fingerprint density at radius 3 is 2.64 bits per heavy atom. The van der Waals surface area contributed by atoms with E-state index in [2.05, 4.69) is 19.8 Å². The number of aliphatic carboxylic acids is 1. The number of fused-ring (bicyclic) bond motifs is 1. The van der Waals surface area contributed by atoms with Gasteiger partial charge < -0.3 is 25.7 Å². The van der Waals surface area contributed by atoms with Crippen LogP contribution in [0.15, 0.2) is 16.9 Å². The Bertz CT molecular complexity index is 1050. The summed E-state index contributed by atoms with van der Waals surface area (Å²) in [7, 11) is 0. The maximum atomic E-state index is 12.9. The SMILES string of the molecule is CC1C=C(C(=O)O)N2C(=O)C(NC(=O)/C(=N\OCC(=O)OC(C)(C)C)c3nsc(N)n3)[C@H]2S1. The monoisotopic (exact) mass is 498 g/mol. The molecule has 1 aromatic rings. The molecule has 3 atom stereocenters. The molecule has 0 bridgehead atoms. The first-order chi connectivity index (χ1) is 15.4. The molecule has 1 fully saturated rings. The van der Waals surface area contributed by atoms with E-state index in [-0.39, 0.29) is 21.9 Å². The van der Waals surface area contributed by atoms with Crippen LogP contribution in [0.2, 0.25) is 0 Å². The fourth-order valence-electron chi connectivity index (χ4n) is 2.97. The lowest BCUT2D eigenvalue weighted by Gasteiger charge is -2.49. The topological polar surface area (TPSA) is 186 Å². The molecule has 1 aromatic heterocycles. The highest BCUT2D eigenvalue weighted by Crippen LogP contribution is 2.40. The minimum atomic E-state index is -1.23. The standard InChI is InChI=1S/C18H22N6O7S2/c1-7-5-8(16(28)29)24-14(27)11(15(24)32-7)20-13(26)10(12-21-17(19)33-23-12)22-30-6-9(25)31-18(2,3)4/h5,7,11,15H,6H2,1-4H3,(H,20,26)(H,28,29)(H2,19,21,23)/b22-10-/t7?,11?,15-/m1/s1. The van der Waals surface area contributed by atoms with Crippen molar-refractivity contribution in [2.24, 2.45) is 5.16 Å². The summed E-state index contributed by atoms with van der Waals surface area (Å²) in [5.41, 5.74) is 4.32. The molecular formula is C18H22N6O7S2. The summed E-state index contributed by atoms with van der Waals surface area (Å²) in [5.74, 6) is -3.53. The van der Waals surface area contributed by atoms with Crippen LogP contribution < -0.4 is 11.1 Å². The third-order valence-corrected chi connectivity index (χ3v) is 6.05. The van der Waals surface area contributed by atoms with Crippen molar-refractivity contribution in [1.29, 1.82) is 0 Å². The zero-order valence-electron chi connectivity index (χ0n) is 18.1. The Morgan fingerprint density at radius 1 is 1.36 bits per heavy atom. The fraction of sp³-hybridized carbons (Fsp3) is 0.500. The van der Waals surface area contributed by atoms with E-state index in [0.29, 0.717) is 0 Å². The van der Waals surface area contributed by atoms with Crippen molar-refractivity contribution < 1.29 is 33.9 Å². The number of hydrogen-bond acceptors (Lipinski definition) is 12. The van der Waals surface area contributed by atoms with Crippen molar-refractivity contribution >= 4 is 57.9 Å². The van der Waals surface area contributed by atoms with Crippen LogP contribution in [-0.4, -0.2) is 77.7 Å². The highest BCUT2D eigenvalue weighted by atomic mass is 32.2. The van der Waals surface area contributed by atoms with Gasteiger partial charge in [-0.15, -0.1) is 11.8 Å². The average molecular weight is 499 g/mol. The Labute approximate surface area is 196 Å². The van der Waals surface area contributed by atoms with E-state index >= 15 is 0 Å². The first-order valence-corrected chi connectivity index (χ1v) is 11.3. The summed E-state index contributed by atoms with van der Waals surface area (Å²) in [4.78, 5) is 58.8. The van der Waals surface area contributed by atoms with Crippen molar-refractivity contribution in [3.8, 4) is 0 Å². The van der Waals surface area contributed by atoms with Crippen molar-refractivity contribution in [2.75, 3.05) is 12.3 Å². The van der Waals surface area contributed by atoms with Crippen LogP contribution >= 0.6 is 23.3 Å². The number of esters is 1. The van der Waals surface area contributed by atoms with Gasteiger partial charge in [0.25, 0.3) is 11.8 Å². The molecule has 2 aliphatic heterocycles. The van der Waals surface area contributed by atoms with Crippen molar-refractivity contribution in [2.45, 2.75) is 50.0 Å². The zero-order valence-corrected chi connectivity index (χ0v) is 19.7. The lowest BCUT2D eigenvalue weighted by atomic mass is 10.0.